The van der Waals surface area contributed by atoms with Crippen molar-refractivity contribution in [2.75, 3.05) is 36.4 Å². The number of para-hydroxylation sites is 2. The summed E-state index contributed by atoms with van der Waals surface area (Å²) in [6, 6.07) is 26.5. The minimum absolute atomic E-state index is 0.0794. The second-order valence-corrected chi connectivity index (χ2v) is 9.35. The third-order valence-corrected chi connectivity index (χ3v) is 6.36. The van der Waals surface area contributed by atoms with Gasteiger partial charge in [0.05, 0.1) is 0 Å². The number of piperazine rings is 1. The van der Waals surface area contributed by atoms with Crippen LogP contribution in [0.25, 0.3) is 11.0 Å². The third kappa shape index (κ3) is 5.05. The Balaban J connectivity index is 1.16. The highest BCUT2D eigenvalue weighted by molar-refractivity contribution is 5.97. The molecule has 2 heterocycles. The molecule has 1 aromatic heterocycles. The van der Waals surface area contributed by atoms with Crippen LogP contribution in [0.2, 0.25) is 0 Å². The molecule has 0 aliphatic carbocycles. The Morgan fingerprint density at radius 3 is 2.22 bits per heavy atom. The van der Waals surface area contributed by atoms with E-state index in [0.717, 1.165) is 29.7 Å². The Labute approximate surface area is 210 Å². The second-order valence-electron chi connectivity index (χ2n) is 9.35. The molecule has 1 fully saturated rings. The summed E-state index contributed by atoms with van der Waals surface area (Å²) in [4.78, 5) is 29.8. The number of hydrogen-bond acceptors (Lipinski definition) is 5. The van der Waals surface area contributed by atoms with E-state index in [-0.39, 0.29) is 11.8 Å². The maximum Gasteiger partial charge on any atom is 0.289 e. The van der Waals surface area contributed by atoms with Gasteiger partial charge in [-0.25, -0.2) is 0 Å². The summed E-state index contributed by atoms with van der Waals surface area (Å²) >= 11 is 0. The van der Waals surface area contributed by atoms with E-state index in [1.54, 1.807) is 13.8 Å². The maximum atomic E-state index is 12.9. The first-order valence-corrected chi connectivity index (χ1v) is 12.1. The largest absolute Gasteiger partial charge is 0.478 e. The smallest absolute Gasteiger partial charge is 0.289 e. The number of ether oxygens (including phenoxy) is 1. The fraction of sp³-hybridized carbons (Fsp3) is 0.241. The summed E-state index contributed by atoms with van der Waals surface area (Å²) in [6.07, 6.45) is 0. The lowest BCUT2D eigenvalue weighted by Gasteiger charge is -2.35. The Kier molecular flexibility index (Phi) is 6.38. The number of anilines is 2. The molecule has 0 saturated carbocycles. The van der Waals surface area contributed by atoms with Gasteiger partial charge in [0, 0.05) is 42.9 Å². The van der Waals surface area contributed by atoms with E-state index in [2.05, 4.69) is 10.2 Å². The van der Waals surface area contributed by atoms with Crippen molar-refractivity contribution in [3.63, 3.8) is 0 Å². The molecule has 1 aliphatic heterocycles. The highest BCUT2D eigenvalue weighted by Gasteiger charge is 2.30. The lowest BCUT2D eigenvalue weighted by atomic mass is 10.1. The number of amides is 2. The molecule has 36 heavy (non-hydrogen) atoms. The van der Waals surface area contributed by atoms with Crippen LogP contribution in [0, 0.1) is 0 Å². The van der Waals surface area contributed by atoms with Crippen LogP contribution >= 0.6 is 0 Å². The van der Waals surface area contributed by atoms with Crippen molar-refractivity contribution in [3.05, 3.63) is 90.7 Å². The number of carbonyl (C=O) groups is 2. The molecule has 184 valence electrons. The van der Waals surface area contributed by atoms with Gasteiger partial charge in [0.1, 0.15) is 11.3 Å². The summed E-state index contributed by atoms with van der Waals surface area (Å²) in [7, 11) is 0. The van der Waals surface area contributed by atoms with Crippen molar-refractivity contribution in [2.24, 2.45) is 0 Å². The molecule has 0 atom stereocenters. The lowest BCUT2D eigenvalue weighted by Crippen LogP contribution is -2.48. The number of benzene rings is 3. The lowest BCUT2D eigenvalue weighted by molar-refractivity contribution is -0.128. The summed E-state index contributed by atoms with van der Waals surface area (Å²) in [5.74, 6) is 0.718. The van der Waals surface area contributed by atoms with Gasteiger partial charge in [-0.05, 0) is 62.4 Å². The van der Waals surface area contributed by atoms with Crippen LogP contribution in [0.3, 0.4) is 0 Å². The predicted octanol–water partition coefficient (Wildman–Crippen LogP) is 5.19. The first-order valence-electron chi connectivity index (χ1n) is 12.1. The van der Waals surface area contributed by atoms with Gasteiger partial charge >= 0.3 is 0 Å². The molecule has 0 unspecified atom stereocenters. The first kappa shape index (κ1) is 23.5. The maximum absolute atomic E-state index is 12.9. The second kappa shape index (κ2) is 9.77. The van der Waals surface area contributed by atoms with E-state index < -0.39 is 5.60 Å². The molecule has 1 aliphatic rings. The molecule has 7 heteroatoms. The quantitative estimate of drug-likeness (QED) is 0.408. The van der Waals surface area contributed by atoms with Crippen LogP contribution in [0.15, 0.2) is 89.3 Å². The van der Waals surface area contributed by atoms with Crippen molar-refractivity contribution in [1.82, 2.24) is 4.90 Å². The van der Waals surface area contributed by atoms with Crippen molar-refractivity contribution >= 4 is 34.2 Å². The fourth-order valence-electron chi connectivity index (χ4n) is 4.28. The molecule has 7 nitrogen and oxygen atoms in total. The molecule has 1 N–H and O–H groups in total. The highest BCUT2D eigenvalue weighted by Crippen LogP contribution is 2.24. The number of furan rings is 1. The average Bonchev–Trinajstić information content (AvgIpc) is 3.34. The van der Waals surface area contributed by atoms with Crippen LogP contribution in [0.4, 0.5) is 11.4 Å². The summed E-state index contributed by atoms with van der Waals surface area (Å²) < 4.78 is 11.6. The molecular formula is C29H29N3O4. The number of hydrogen-bond donors (Lipinski definition) is 1. The molecular weight excluding hydrogens is 454 g/mol. The van der Waals surface area contributed by atoms with Crippen molar-refractivity contribution in [2.45, 2.75) is 19.4 Å². The van der Waals surface area contributed by atoms with E-state index in [0.29, 0.717) is 30.3 Å². The molecule has 3 aromatic carbocycles. The molecule has 0 spiro atoms. The van der Waals surface area contributed by atoms with Gasteiger partial charge < -0.3 is 24.3 Å². The molecule has 4 aromatic rings. The highest BCUT2D eigenvalue weighted by atomic mass is 16.5. The normalized spacial score (nSPS) is 14.1. The van der Waals surface area contributed by atoms with Gasteiger partial charge in [-0.2, -0.15) is 0 Å². The van der Waals surface area contributed by atoms with E-state index in [4.69, 9.17) is 9.15 Å². The summed E-state index contributed by atoms with van der Waals surface area (Å²) in [5.41, 5.74) is 1.44. The monoisotopic (exact) mass is 483 g/mol. The molecule has 0 bridgehead atoms. The van der Waals surface area contributed by atoms with Gasteiger partial charge in [0.15, 0.2) is 11.4 Å². The number of fused-ring (bicyclic) bond motifs is 1. The summed E-state index contributed by atoms with van der Waals surface area (Å²) in [6.45, 7) is 6.15. The number of nitrogens with zero attached hydrogens (tertiary/aromatic N) is 2. The van der Waals surface area contributed by atoms with Crippen LogP contribution in [0.1, 0.15) is 24.4 Å². The van der Waals surface area contributed by atoms with Crippen molar-refractivity contribution in [1.29, 1.82) is 0 Å². The molecule has 1 saturated heterocycles. The van der Waals surface area contributed by atoms with Gasteiger partial charge in [0.25, 0.3) is 11.8 Å². The third-order valence-electron chi connectivity index (χ3n) is 6.36. The first-order chi connectivity index (χ1) is 17.4. The minimum atomic E-state index is -1.03. The van der Waals surface area contributed by atoms with E-state index in [9.17, 15) is 9.59 Å². The van der Waals surface area contributed by atoms with E-state index in [1.165, 1.54) is 0 Å². The van der Waals surface area contributed by atoms with Gasteiger partial charge in [0.2, 0.25) is 0 Å². The predicted molar refractivity (Wildman–Crippen MR) is 141 cm³/mol. The van der Waals surface area contributed by atoms with Gasteiger partial charge in [-0.1, -0.05) is 36.4 Å². The van der Waals surface area contributed by atoms with Crippen LogP contribution in [-0.2, 0) is 4.79 Å². The molecule has 0 radical (unpaired) electrons. The zero-order valence-corrected chi connectivity index (χ0v) is 20.4. The Bertz CT molecular complexity index is 1320. The molecule has 5 rings (SSSR count). The minimum Gasteiger partial charge on any atom is -0.478 e. The van der Waals surface area contributed by atoms with Gasteiger partial charge in [-0.3, -0.25) is 9.59 Å². The van der Waals surface area contributed by atoms with Crippen molar-refractivity contribution < 1.29 is 18.7 Å². The fourth-order valence-corrected chi connectivity index (χ4v) is 4.28. The zero-order chi connectivity index (χ0) is 25.1. The van der Waals surface area contributed by atoms with E-state index in [1.807, 2.05) is 89.8 Å². The zero-order valence-electron chi connectivity index (χ0n) is 20.4. The summed E-state index contributed by atoms with van der Waals surface area (Å²) in [5, 5.41) is 3.87. The van der Waals surface area contributed by atoms with E-state index >= 15 is 0 Å². The SMILES string of the molecule is CC(C)(Oc1ccccc1)C(=O)Nc1ccc(N2CCN(C(=O)c3cc4ccccc4o3)CC2)cc1. The number of rotatable bonds is 6. The Morgan fingerprint density at radius 1 is 0.861 bits per heavy atom. The topological polar surface area (TPSA) is 75.0 Å². The Morgan fingerprint density at radius 2 is 1.53 bits per heavy atom. The average molecular weight is 484 g/mol. The molecule has 2 amide bonds. The van der Waals surface area contributed by atoms with Crippen LogP contribution in [-0.4, -0.2) is 48.5 Å². The van der Waals surface area contributed by atoms with Crippen LogP contribution in [0.5, 0.6) is 5.75 Å². The van der Waals surface area contributed by atoms with Gasteiger partial charge in [-0.15, -0.1) is 0 Å². The standard InChI is InChI=1S/C29H29N3O4/c1-29(2,36-24-9-4-3-5-10-24)28(34)30-22-12-14-23(15-13-22)31-16-18-32(19-17-31)27(33)26-20-21-8-6-7-11-25(21)35-26/h3-15,20H,16-19H2,1-2H3,(H,30,34). The van der Waals surface area contributed by atoms with Crippen molar-refractivity contribution in [3.8, 4) is 5.75 Å². The van der Waals surface area contributed by atoms with Crippen LogP contribution < -0.4 is 15.0 Å². The Hall–Kier alpha value is -4.26. The number of carbonyl (C=O) groups excluding carboxylic acids is 2. The number of nitrogens with one attached hydrogen (secondary N) is 1.